The number of halogens is 1. The van der Waals surface area contributed by atoms with Gasteiger partial charge in [-0.05, 0) is 91.1 Å². The molecule has 2 aliphatic carbocycles. The average Bonchev–Trinajstić information content (AvgIpc) is 2.94. The number of benzene rings is 2. The number of aryl methyl sites for hydroxylation is 1. The van der Waals surface area contributed by atoms with E-state index >= 15 is 0 Å². The Morgan fingerprint density at radius 1 is 1.08 bits per heavy atom. The fourth-order valence-electron chi connectivity index (χ4n) is 3.30. The lowest BCUT2D eigenvalue weighted by Gasteiger charge is -2.16. The highest BCUT2D eigenvalue weighted by molar-refractivity contribution is 6.30. The van der Waals surface area contributed by atoms with Gasteiger partial charge < -0.3 is 10.5 Å². The van der Waals surface area contributed by atoms with Crippen LogP contribution in [0.5, 0.6) is 5.75 Å². The molecule has 1 atom stereocenters. The number of nitrogens with two attached hydrogens (primary N) is 1. The highest BCUT2D eigenvalue weighted by atomic mass is 35.5. The van der Waals surface area contributed by atoms with Crippen LogP contribution in [0, 0.1) is 11.8 Å². The van der Waals surface area contributed by atoms with Gasteiger partial charge in [-0.1, -0.05) is 23.6 Å². The summed E-state index contributed by atoms with van der Waals surface area (Å²) in [5.41, 5.74) is 11.5. The molecule has 0 saturated heterocycles. The van der Waals surface area contributed by atoms with Gasteiger partial charge in [0.1, 0.15) is 11.9 Å². The molecule has 0 spiro atoms. The fraction of sp³-hybridized carbons (Fsp3) is 0.273. The third kappa shape index (κ3) is 3.52. The van der Waals surface area contributed by atoms with E-state index in [4.69, 9.17) is 22.1 Å². The van der Waals surface area contributed by atoms with E-state index in [0.29, 0.717) is 0 Å². The first-order valence-corrected chi connectivity index (χ1v) is 9.11. The smallest absolute Gasteiger partial charge is 0.124 e. The van der Waals surface area contributed by atoms with Gasteiger partial charge in [0.05, 0.1) is 5.70 Å². The van der Waals surface area contributed by atoms with Crippen LogP contribution in [0.2, 0.25) is 5.02 Å². The third-order valence-corrected chi connectivity index (χ3v) is 5.18. The zero-order chi connectivity index (χ0) is 17.2. The van der Waals surface area contributed by atoms with Gasteiger partial charge in [0.15, 0.2) is 0 Å². The van der Waals surface area contributed by atoms with Crippen molar-refractivity contribution in [2.75, 3.05) is 0 Å². The van der Waals surface area contributed by atoms with Crippen molar-refractivity contribution in [3.63, 3.8) is 0 Å². The van der Waals surface area contributed by atoms with Gasteiger partial charge >= 0.3 is 0 Å². The molecule has 0 aromatic heterocycles. The van der Waals surface area contributed by atoms with Gasteiger partial charge in [-0.3, -0.25) is 0 Å². The van der Waals surface area contributed by atoms with E-state index < -0.39 is 0 Å². The highest BCUT2D eigenvalue weighted by Gasteiger charge is 2.24. The number of rotatable bonds is 2. The zero-order valence-electron chi connectivity index (χ0n) is 14.0. The summed E-state index contributed by atoms with van der Waals surface area (Å²) in [4.78, 5) is 0. The minimum atomic E-state index is 0.100. The Morgan fingerprint density at radius 2 is 1.88 bits per heavy atom. The molecule has 25 heavy (non-hydrogen) atoms. The first-order valence-electron chi connectivity index (χ1n) is 8.73. The Morgan fingerprint density at radius 3 is 2.60 bits per heavy atom. The van der Waals surface area contributed by atoms with Gasteiger partial charge in [-0.25, -0.2) is 0 Å². The number of hydrogen-bond donors (Lipinski definition) is 1. The normalized spacial score (nSPS) is 18.0. The third-order valence-electron chi connectivity index (χ3n) is 4.94. The molecule has 2 aliphatic rings. The molecule has 0 bridgehead atoms. The summed E-state index contributed by atoms with van der Waals surface area (Å²) in [6.07, 6.45) is 5.53. The monoisotopic (exact) mass is 349 g/mol. The molecule has 0 amide bonds. The highest BCUT2D eigenvalue weighted by Crippen LogP contribution is 2.36. The van der Waals surface area contributed by atoms with Gasteiger partial charge in [0.2, 0.25) is 0 Å². The topological polar surface area (TPSA) is 35.2 Å². The predicted octanol–water partition coefficient (Wildman–Crippen LogP) is 5.15. The van der Waals surface area contributed by atoms with E-state index in [1.54, 1.807) is 0 Å². The predicted molar refractivity (Wildman–Crippen MR) is 102 cm³/mol. The molecule has 2 nitrogen and oxygen atoms in total. The second-order valence-electron chi connectivity index (χ2n) is 6.63. The van der Waals surface area contributed by atoms with E-state index in [-0.39, 0.29) is 6.10 Å². The molecule has 1 fully saturated rings. The van der Waals surface area contributed by atoms with Crippen molar-refractivity contribution < 1.29 is 4.74 Å². The summed E-state index contributed by atoms with van der Waals surface area (Å²) in [7, 11) is 0. The van der Waals surface area contributed by atoms with Crippen LogP contribution >= 0.6 is 11.6 Å². The lowest BCUT2D eigenvalue weighted by Crippen LogP contribution is -2.07. The lowest BCUT2D eigenvalue weighted by atomic mass is 9.91. The minimum absolute atomic E-state index is 0.100. The van der Waals surface area contributed by atoms with Crippen LogP contribution in [0.1, 0.15) is 48.5 Å². The summed E-state index contributed by atoms with van der Waals surface area (Å²) in [6, 6.07) is 14.0. The number of ether oxygens (including phenoxy) is 1. The molecule has 126 valence electrons. The molecule has 2 aromatic rings. The van der Waals surface area contributed by atoms with E-state index in [9.17, 15) is 0 Å². The minimum Gasteiger partial charge on any atom is -0.486 e. The largest absolute Gasteiger partial charge is 0.486 e. The van der Waals surface area contributed by atoms with Crippen molar-refractivity contribution >= 4 is 11.6 Å². The van der Waals surface area contributed by atoms with Crippen LogP contribution < -0.4 is 10.5 Å². The molecule has 2 N–H and O–H groups in total. The van der Waals surface area contributed by atoms with Crippen LogP contribution in [-0.2, 0) is 6.42 Å². The second kappa shape index (κ2) is 6.86. The van der Waals surface area contributed by atoms with E-state index in [1.165, 1.54) is 23.1 Å². The SMILES string of the molecule is NC(C#Cc1ccc(OC2CCc3cc(Cl)ccc32)cc1)=C1CCC1. The van der Waals surface area contributed by atoms with Crippen molar-refractivity contribution in [2.45, 2.75) is 38.2 Å². The van der Waals surface area contributed by atoms with Crippen molar-refractivity contribution in [3.8, 4) is 17.6 Å². The fourth-order valence-corrected chi connectivity index (χ4v) is 3.50. The number of fused-ring (bicyclic) bond motifs is 1. The van der Waals surface area contributed by atoms with Crippen molar-refractivity contribution in [3.05, 3.63) is 75.4 Å². The average molecular weight is 350 g/mol. The maximum atomic E-state index is 6.16. The van der Waals surface area contributed by atoms with E-state index in [2.05, 4.69) is 17.9 Å². The Bertz CT molecular complexity index is 880. The Labute approximate surface area is 153 Å². The van der Waals surface area contributed by atoms with Crippen LogP contribution in [0.15, 0.2) is 53.7 Å². The maximum absolute atomic E-state index is 6.16. The standard InChI is InChI=1S/C22H20ClNO/c23-18-8-11-20-17(14-18)7-13-22(20)25-19-9-4-15(5-10-19)6-12-21(24)16-2-1-3-16/h4-5,8-11,14,22H,1-3,7,13,24H2. The van der Waals surface area contributed by atoms with Gasteiger partial charge in [-0.2, -0.15) is 0 Å². The second-order valence-corrected chi connectivity index (χ2v) is 7.07. The van der Waals surface area contributed by atoms with Crippen molar-refractivity contribution in [1.82, 2.24) is 0 Å². The van der Waals surface area contributed by atoms with Crippen molar-refractivity contribution in [1.29, 1.82) is 0 Å². The Kier molecular flexibility index (Phi) is 4.42. The van der Waals surface area contributed by atoms with Gasteiger partial charge in [-0.15, -0.1) is 0 Å². The Balaban J connectivity index is 1.44. The molecular weight excluding hydrogens is 330 g/mol. The van der Waals surface area contributed by atoms with Crippen molar-refractivity contribution in [2.24, 2.45) is 5.73 Å². The lowest BCUT2D eigenvalue weighted by molar-refractivity contribution is 0.207. The molecular formula is C22H20ClNO. The summed E-state index contributed by atoms with van der Waals surface area (Å²) >= 11 is 6.07. The Hall–Kier alpha value is -2.37. The molecule has 3 heteroatoms. The zero-order valence-corrected chi connectivity index (χ0v) is 14.8. The van der Waals surface area contributed by atoms with E-state index in [0.717, 1.165) is 47.7 Å². The molecule has 0 aliphatic heterocycles. The van der Waals surface area contributed by atoms with Crippen LogP contribution in [0.25, 0.3) is 0 Å². The summed E-state index contributed by atoms with van der Waals surface area (Å²) in [5, 5.41) is 0.790. The van der Waals surface area contributed by atoms with Crippen LogP contribution in [-0.4, -0.2) is 0 Å². The van der Waals surface area contributed by atoms with Gasteiger partial charge in [0.25, 0.3) is 0 Å². The summed E-state index contributed by atoms with van der Waals surface area (Å²) in [6.45, 7) is 0. The maximum Gasteiger partial charge on any atom is 0.124 e. The molecule has 1 unspecified atom stereocenters. The summed E-state index contributed by atoms with van der Waals surface area (Å²) in [5.74, 6) is 7.06. The summed E-state index contributed by atoms with van der Waals surface area (Å²) < 4.78 is 6.16. The molecule has 0 radical (unpaired) electrons. The quantitative estimate of drug-likeness (QED) is 0.760. The molecule has 1 saturated carbocycles. The first kappa shape index (κ1) is 16.1. The van der Waals surface area contributed by atoms with Gasteiger partial charge in [0, 0.05) is 10.6 Å². The number of allylic oxidation sites excluding steroid dienone is 2. The van der Waals surface area contributed by atoms with Crippen LogP contribution in [0.4, 0.5) is 0 Å². The molecule has 2 aromatic carbocycles. The number of hydrogen-bond acceptors (Lipinski definition) is 2. The first-order chi connectivity index (χ1) is 12.2. The van der Waals surface area contributed by atoms with E-state index in [1.807, 2.05) is 36.4 Å². The van der Waals surface area contributed by atoms with Crippen LogP contribution in [0.3, 0.4) is 0 Å². The molecule has 0 heterocycles. The molecule has 4 rings (SSSR count).